The van der Waals surface area contributed by atoms with Crippen LogP contribution >= 0.6 is 0 Å². The van der Waals surface area contributed by atoms with Crippen molar-refractivity contribution >= 4 is 15.9 Å². The number of aromatic nitrogens is 2. The minimum atomic E-state index is -3.86. The average molecular weight is 368 g/mol. The number of carbonyl (C=O) groups is 1. The van der Waals surface area contributed by atoms with Crippen molar-refractivity contribution < 1.29 is 13.2 Å². The van der Waals surface area contributed by atoms with Crippen LogP contribution in [0.1, 0.15) is 21.6 Å². The number of hydrogen-bond donors (Lipinski definition) is 2. The van der Waals surface area contributed by atoms with Crippen LogP contribution < -0.4 is 10.6 Å². The molecule has 0 radical (unpaired) electrons. The van der Waals surface area contributed by atoms with Crippen LogP contribution in [0.25, 0.3) is 11.3 Å². The van der Waals surface area contributed by atoms with E-state index < -0.39 is 15.9 Å². The Bertz CT molecular complexity index is 1100. The first-order valence-corrected chi connectivity index (χ1v) is 9.53. The van der Waals surface area contributed by atoms with Gasteiger partial charge in [-0.3, -0.25) is 4.79 Å². The van der Waals surface area contributed by atoms with Crippen molar-refractivity contribution in [2.75, 3.05) is 4.83 Å². The van der Waals surface area contributed by atoms with Crippen molar-refractivity contribution in [2.24, 2.45) is 5.73 Å². The Morgan fingerprint density at radius 1 is 1.04 bits per heavy atom. The second-order valence-corrected chi connectivity index (χ2v) is 7.68. The van der Waals surface area contributed by atoms with Gasteiger partial charge in [-0.15, -0.1) is 5.10 Å². The number of nitrogens with one attached hydrogen (secondary N) is 1. The van der Waals surface area contributed by atoms with E-state index in [4.69, 9.17) is 5.73 Å². The Morgan fingerprint density at radius 2 is 1.73 bits per heavy atom. The molecule has 3 N–H and O–H groups in total. The summed E-state index contributed by atoms with van der Waals surface area (Å²) in [6.07, 6.45) is 1.30. The molecule has 0 aliphatic heterocycles. The Morgan fingerprint density at radius 3 is 2.46 bits per heavy atom. The number of hydrogen-bond acceptors (Lipinski definition) is 4. The molecule has 0 fully saturated rings. The molecule has 0 unspecified atom stereocenters. The highest BCUT2D eigenvalue weighted by Gasteiger charge is 2.29. The summed E-state index contributed by atoms with van der Waals surface area (Å²) < 4.78 is 25.4. The molecule has 4 rings (SSSR count). The largest absolute Gasteiger partial charge is 0.364 e. The summed E-state index contributed by atoms with van der Waals surface area (Å²) in [5.74, 6) is -0.682. The molecule has 1 aromatic heterocycles. The van der Waals surface area contributed by atoms with Gasteiger partial charge in [0, 0.05) is 11.1 Å². The molecule has 8 heteroatoms. The van der Waals surface area contributed by atoms with Gasteiger partial charge in [0.2, 0.25) is 0 Å². The molecular formula is C18H16N4O3S. The fraction of sp³-hybridized carbons (Fsp3) is 0.111. The zero-order chi connectivity index (χ0) is 18.3. The summed E-state index contributed by atoms with van der Waals surface area (Å²) in [6.45, 7) is 0. The van der Waals surface area contributed by atoms with Crippen LogP contribution in [-0.4, -0.2) is 24.2 Å². The first kappa shape index (κ1) is 16.3. The lowest BCUT2D eigenvalue weighted by Crippen LogP contribution is -2.26. The van der Waals surface area contributed by atoms with E-state index in [2.05, 4.69) is 9.93 Å². The van der Waals surface area contributed by atoms with E-state index in [-0.39, 0.29) is 10.6 Å². The van der Waals surface area contributed by atoms with Gasteiger partial charge in [0.05, 0.1) is 10.6 Å². The third-order valence-electron chi connectivity index (χ3n) is 4.39. The zero-order valence-corrected chi connectivity index (χ0v) is 14.5. The number of rotatable bonds is 4. The van der Waals surface area contributed by atoms with Crippen molar-refractivity contribution in [1.82, 2.24) is 9.89 Å². The number of nitrogens with two attached hydrogens (primary N) is 1. The first-order chi connectivity index (χ1) is 12.5. The molecule has 1 amide bonds. The number of nitrogens with zero attached hydrogens (tertiary/aromatic N) is 2. The fourth-order valence-electron chi connectivity index (χ4n) is 3.22. The van der Waals surface area contributed by atoms with Crippen LogP contribution in [0.15, 0.2) is 59.5 Å². The Balaban J connectivity index is 1.87. The molecule has 1 heterocycles. The molecule has 132 valence electrons. The van der Waals surface area contributed by atoms with Crippen LogP contribution in [-0.2, 0) is 22.9 Å². The molecule has 3 aromatic rings. The molecule has 0 bridgehead atoms. The van der Waals surface area contributed by atoms with Gasteiger partial charge in [0.15, 0.2) is 5.69 Å². The van der Waals surface area contributed by atoms with Crippen LogP contribution in [0.4, 0.5) is 0 Å². The van der Waals surface area contributed by atoms with Gasteiger partial charge >= 0.3 is 0 Å². The molecule has 0 saturated heterocycles. The number of aryl methyl sites for hydroxylation is 1. The first-order valence-electron chi connectivity index (χ1n) is 8.05. The SMILES string of the molecule is NC(=O)c1nn(NS(=O)(=O)c2ccccc2)c2c1CCc1ccccc1-2. The van der Waals surface area contributed by atoms with Gasteiger partial charge in [-0.2, -0.15) is 18.0 Å². The molecular weight excluding hydrogens is 352 g/mol. The molecule has 7 nitrogen and oxygen atoms in total. The smallest absolute Gasteiger partial charge is 0.276 e. The zero-order valence-electron chi connectivity index (χ0n) is 13.7. The van der Waals surface area contributed by atoms with Crippen LogP contribution in [0, 0.1) is 0 Å². The van der Waals surface area contributed by atoms with E-state index in [0.29, 0.717) is 17.7 Å². The van der Waals surface area contributed by atoms with Crippen molar-refractivity contribution in [3.63, 3.8) is 0 Å². The highest BCUT2D eigenvalue weighted by molar-refractivity contribution is 7.92. The lowest BCUT2D eigenvalue weighted by Gasteiger charge is -2.18. The van der Waals surface area contributed by atoms with E-state index in [1.54, 1.807) is 18.2 Å². The molecule has 0 atom stereocenters. The van der Waals surface area contributed by atoms with E-state index in [1.807, 2.05) is 24.3 Å². The average Bonchev–Trinajstić information content (AvgIpc) is 3.01. The maximum atomic E-state index is 12.7. The number of sulfonamides is 1. The van der Waals surface area contributed by atoms with E-state index in [0.717, 1.165) is 22.3 Å². The summed E-state index contributed by atoms with van der Waals surface area (Å²) in [5.41, 5.74) is 8.66. The number of fused-ring (bicyclic) bond motifs is 3. The molecule has 0 spiro atoms. The number of benzene rings is 2. The highest BCUT2D eigenvalue weighted by atomic mass is 32.2. The normalized spacial score (nSPS) is 12.9. The maximum absolute atomic E-state index is 12.7. The van der Waals surface area contributed by atoms with Crippen LogP contribution in [0.5, 0.6) is 0 Å². The van der Waals surface area contributed by atoms with Crippen molar-refractivity contribution in [2.45, 2.75) is 17.7 Å². The highest BCUT2D eigenvalue weighted by Crippen LogP contribution is 2.35. The van der Waals surface area contributed by atoms with E-state index >= 15 is 0 Å². The second kappa shape index (κ2) is 5.99. The number of carbonyl (C=O) groups excluding carboxylic acids is 1. The third-order valence-corrected chi connectivity index (χ3v) is 5.70. The van der Waals surface area contributed by atoms with Gasteiger partial charge < -0.3 is 5.73 Å². The van der Waals surface area contributed by atoms with Gasteiger partial charge in [0.1, 0.15) is 0 Å². The number of amides is 1. The topological polar surface area (TPSA) is 107 Å². The number of primary amides is 1. The fourth-order valence-corrected chi connectivity index (χ4v) is 4.20. The van der Waals surface area contributed by atoms with E-state index in [1.165, 1.54) is 12.1 Å². The van der Waals surface area contributed by atoms with Crippen LogP contribution in [0.3, 0.4) is 0 Å². The summed E-state index contributed by atoms with van der Waals surface area (Å²) in [5, 5.41) is 4.15. The lowest BCUT2D eigenvalue weighted by atomic mass is 9.89. The van der Waals surface area contributed by atoms with Crippen LogP contribution in [0.2, 0.25) is 0 Å². The van der Waals surface area contributed by atoms with Gasteiger partial charge in [-0.1, -0.05) is 42.5 Å². The standard InChI is InChI=1S/C18H16N4O3S/c19-18(23)16-15-11-10-12-6-4-5-9-14(12)17(15)22(20-16)21-26(24,25)13-7-2-1-3-8-13/h1-9,21H,10-11H2,(H2,19,23). The van der Waals surface area contributed by atoms with Crippen molar-refractivity contribution in [3.8, 4) is 11.3 Å². The predicted octanol–water partition coefficient (Wildman–Crippen LogP) is 1.68. The minimum Gasteiger partial charge on any atom is -0.364 e. The summed E-state index contributed by atoms with van der Waals surface area (Å²) in [7, 11) is -3.86. The summed E-state index contributed by atoms with van der Waals surface area (Å²) >= 11 is 0. The van der Waals surface area contributed by atoms with Crippen molar-refractivity contribution in [3.05, 3.63) is 71.4 Å². The summed E-state index contributed by atoms with van der Waals surface area (Å²) in [6, 6.07) is 15.6. The second-order valence-electron chi connectivity index (χ2n) is 6.02. The minimum absolute atomic E-state index is 0.0882. The van der Waals surface area contributed by atoms with Gasteiger partial charge in [-0.25, -0.2) is 0 Å². The summed E-state index contributed by atoms with van der Waals surface area (Å²) in [4.78, 5) is 15.5. The Labute approximate surface area is 150 Å². The van der Waals surface area contributed by atoms with Gasteiger partial charge in [0.25, 0.3) is 15.9 Å². The molecule has 1 aliphatic rings. The molecule has 1 aliphatic carbocycles. The molecule has 0 saturated carbocycles. The molecule has 26 heavy (non-hydrogen) atoms. The Kier molecular flexibility index (Phi) is 3.77. The predicted molar refractivity (Wildman–Crippen MR) is 96.6 cm³/mol. The maximum Gasteiger partial charge on any atom is 0.276 e. The quantitative estimate of drug-likeness (QED) is 0.730. The molecule has 2 aromatic carbocycles. The van der Waals surface area contributed by atoms with E-state index in [9.17, 15) is 13.2 Å². The monoisotopic (exact) mass is 368 g/mol. The third kappa shape index (κ3) is 2.64. The van der Waals surface area contributed by atoms with Crippen molar-refractivity contribution in [1.29, 1.82) is 0 Å². The lowest BCUT2D eigenvalue weighted by molar-refractivity contribution is 0.0994. The van der Waals surface area contributed by atoms with Gasteiger partial charge in [-0.05, 0) is 30.5 Å². The Hall–Kier alpha value is -3.13.